The van der Waals surface area contributed by atoms with E-state index in [1.807, 2.05) is 20.8 Å². The lowest BCUT2D eigenvalue weighted by Gasteiger charge is -2.32. The molecular weight excluding hydrogens is 529 g/mol. The maximum atomic E-state index is 11.8. The van der Waals surface area contributed by atoms with Gasteiger partial charge in [0.2, 0.25) is 17.7 Å². The van der Waals surface area contributed by atoms with E-state index in [0.717, 1.165) is 37.2 Å². The second-order valence-corrected chi connectivity index (χ2v) is 19.9. The molecule has 0 aromatic rings. The fraction of sp³-hybridized carbons (Fsp3) is 0.864. The Morgan fingerprint density at radius 3 is 2.09 bits per heavy atom. The van der Waals surface area contributed by atoms with E-state index in [1.54, 1.807) is 17.7 Å². The molecule has 0 rings (SSSR count). The van der Waals surface area contributed by atoms with E-state index in [9.17, 15) is 18.9 Å². The molecule has 3 amide bonds. The summed E-state index contributed by atoms with van der Waals surface area (Å²) < 4.78 is 15.4. The quantitative estimate of drug-likeness (QED) is 0.0764. The first-order valence-electron chi connectivity index (χ1n) is 11.7. The highest BCUT2D eigenvalue weighted by atomic mass is 33.2. The summed E-state index contributed by atoms with van der Waals surface area (Å²) in [7, 11) is -2.58. The number of nitrogens with two attached hydrogens (primary N) is 2. The van der Waals surface area contributed by atoms with Gasteiger partial charge in [0, 0.05) is 42.0 Å². The van der Waals surface area contributed by atoms with Crippen molar-refractivity contribution in [1.29, 1.82) is 0 Å². The molecule has 0 aromatic heterocycles. The Kier molecular flexibility index (Phi) is 18.9. The second kappa shape index (κ2) is 18.0. The fourth-order valence-electron chi connectivity index (χ4n) is 2.57. The molecular formula is C22H48N3O6PS3. The average molecular weight is 578 g/mol. The summed E-state index contributed by atoms with van der Waals surface area (Å²) in [6.07, 6.45) is 8.24. The number of unbranched alkanes of at least 4 members (excludes halogenated alkanes) is 3. The highest BCUT2D eigenvalue weighted by Crippen LogP contribution is 2.54. The number of thiol groups is 1. The van der Waals surface area contributed by atoms with Crippen LogP contribution in [0.1, 0.15) is 59.8 Å². The van der Waals surface area contributed by atoms with Crippen LogP contribution in [0.2, 0.25) is 0 Å². The molecule has 3 atom stereocenters. The van der Waals surface area contributed by atoms with Crippen LogP contribution in [0.3, 0.4) is 0 Å². The lowest BCUT2D eigenvalue weighted by molar-refractivity contribution is -0.122. The van der Waals surface area contributed by atoms with Crippen LogP contribution in [0.4, 0.5) is 0 Å². The number of hydrogen-bond acceptors (Lipinski definition) is 7. The Bertz CT molecular complexity index is 698. The maximum absolute atomic E-state index is 11.8. The van der Waals surface area contributed by atoms with Crippen molar-refractivity contribution in [1.82, 2.24) is 5.32 Å². The van der Waals surface area contributed by atoms with Gasteiger partial charge in [0.05, 0.1) is 6.61 Å². The van der Waals surface area contributed by atoms with Gasteiger partial charge in [0.1, 0.15) is 0 Å². The van der Waals surface area contributed by atoms with Crippen LogP contribution in [-0.4, -0.2) is 71.2 Å². The zero-order chi connectivity index (χ0) is 27.9. The van der Waals surface area contributed by atoms with Crippen molar-refractivity contribution in [3.63, 3.8) is 0 Å². The van der Waals surface area contributed by atoms with Crippen LogP contribution in [0.5, 0.6) is 0 Å². The molecule has 0 spiro atoms. The van der Waals surface area contributed by atoms with Crippen molar-refractivity contribution in [3.05, 3.63) is 0 Å². The van der Waals surface area contributed by atoms with Gasteiger partial charge in [-0.2, -0.15) is 21.7 Å². The largest absolute Gasteiger partial charge is 0.369 e. The molecule has 0 aliphatic rings. The standard InChI is InChI=1S/C16H35N2O5PS2.C6H13NOS/c1-14(16(17)20)13-26(3,4)25-12-9-15(19)18-10-7-5-6-8-11-23-24(2,21)22;1-4(5(7)8)6(2,3)9/h14H,5-13H2,1-4H3,(H2,17,20)(H,18,19)(H,21,22);4,9H,1-3H3,(H2,7,8). The van der Waals surface area contributed by atoms with E-state index in [0.29, 0.717) is 19.6 Å². The Labute approximate surface area is 222 Å². The average Bonchev–Trinajstić information content (AvgIpc) is 2.67. The second-order valence-electron chi connectivity index (χ2n) is 9.66. The van der Waals surface area contributed by atoms with Gasteiger partial charge in [-0.1, -0.05) is 40.5 Å². The molecule has 9 nitrogen and oxygen atoms in total. The first-order chi connectivity index (χ1) is 15.8. The summed E-state index contributed by atoms with van der Waals surface area (Å²) in [6.45, 7) is 9.47. The molecule has 3 unspecified atom stereocenters. The van der Waals surface area contributed by atoms with Gasteiger partial charge in [-0.3, -0.25) is 18.9 Å². The minimum absolute atomic E-state index is 0.0474. The summed E-state index contributed by atoms with van der Waals surface area (Å²) in [6, 6.07) is 0. The molecule has 0 fully saturated rings. The first kappa shape index (κ1) is 36.8. The highest BCUT2D eigenvalue weighted by molar-refractivity contribution is 8.93. The lowest BCUT2D eigenvalue weighted by atomic mass is 9.97. The molecule has 0 heterocycles. The third-order valence-corrected chi connectivity index (χ3v) is 11.3. The highest BCUT2D eigenvalue weighted by Gasteiger charge is 2.25. The minimum Gasteiger partial charge on any atom is -0.369 e. The van der Waals surface area contributed by atoms with Gasteiger partial charge < -0.3 is 26.2 Å². The molecule has 13 heteroatoms. The van der Waals surface area contributed by atoms with Crippen LogP contribution in [0.15, 0.2) is 0 Å². The van der Waals surface area contributed by atoms with Crippen molar-refractivity contribution in [2.24, 2.45) is 23.3 Å². The number of carbonyl (C=O) groups excluding carboxylic acids is 3. The third kappa shape index (κ3) is 23.7. The summed E-state index contributed by atoms with van der Waals surface area (Å²) in [5.74, 6) is 0.697. The van der Waals surface area contributed by atoms with E-state index >= 15 is 0 Å². The van der Waals surface area contributed by atoms with Gasteiger partial charge in [-0.15, -0.1) is 10.8 Å². The van der Waals surface area contributed by atoms with Gasteiger partial charge in [-0.25, -0.2) is 0 Å². The fourth-order valence-corrected chi connectivity index (χ4v) is 7.86. The Hall–Kier alpha value is -0.390. The zero-order valence-corrected chi connectivity index (χ0v) is 25.8. The van der Waals surface area contributed by atoms with Crippen LogP contribution in [0.25, 0.3) is 0 Å². The summed E-state index contributed by atoms with van der Waals surface area (Å²) >= 11 is 4.19. The number of primary amides is 2. The molecule has 210 valence electrons. The molecule has 0 bridgehead atoms. The Balaban J connectivity index is 0. The molecule has 0 radical (unpaired) electrons. The van der Waals surface area contributed by atoms with Crippen molar-refractivity contribution >= 4 is 57.8 Å². The zero-order valence-electron chi connectivity index (χ0n) is 22.4. The smallest absolute Gasteiger partial charge is 0.325 e. The normalized spacial score (nSPS) is 15.7. The first-order valence-corrected chi connectivity index (χ1v) is 18.3. The summed E-state index contributed by atoms with van der Waals surface area (Å²) in [5.41, 5.74) is 10.4. The number of carbonyl (C=O) groups is 3. The molecule has 0 saturated heterocycles. The van der Waals surface area contributed by atoms with E-state index in [-0.39, 0.29) is 34.3 Å². The molecule has 0 aliphatic heterocycles. The Morgan fingerprint density at radius 2 is 1.66 bits per heavy atom. The Morgan fingerprint density at radius 1 is 1.11 bits per heavy atom. The summed E-state index contributed by atoms with van der Waals surface area (Å²) in [5, 5.41) is 2.91. The lowest BCUT2D eigenvalue weighted by Crippen LogP contribution is -2.34. The van der Waals surface area contributed by atoms with Crippen LogP contribution < -0.4 is 16.8 Å². The van der Waals surface area contributed by atoms with E-state index < -0.39 is 16.7 Å². The molecule has 35 heavy (non-hydrogen) atoms. The number of hydrogen-bond donors (Lipinski definition) is 5. The van der Waals surface area contributed by atoms with E-state index in [4.69, 9.17) is 20.9 Å². The van der Waals surface area contributed by atoms with Gasteiger partial charge >= 0.3 is 7.60 Å². The minimum atomic E-state index is -3.36. The molecule has 0 aromatic carbocycles. The number of nitrogens with one attached hydrogen (secondary N) is 1. The van der Waals surface area contributed by atoms with Crippen molar-refractivity contribution in [2.45, 2.75) is 64.5 Å². The van der Waals surface area contributed by atoms with E-state index in [2.05, 4.69) is 30.5 Å². The van der Waals surface area contributed by atoms with Crippen molar-refractivity contribution in [2.75, 3.05) is 43.8 Å². The third-order valence-electron chi connectivity index (χ3n) is 5.08. The van der Waals surface area contributed by atoms with Gasteiger partial charge in [0.15, 0.2) is 0 Å². The predicted molar refractivity (Wildman–Crippen MR) is 154 cm³/mol. The predicted octanol–water partition coefficient (Wildman–Crippen LogP) is 3.53. The van der Waals surface area contributed by atoms with Crippen molar-refractivity contribution < 1.29 is 28.4 Å². The number of amides is 3. The molecule has 6 N–H and O–H groups in total. The van der Waals surface area contributed by atoms with Crippen LogP contribution in [-0.2, 0) is 23.5 Å². The van der Waals surface area contributed by atoms with Crippen LogP contribution >= 0.6 is 40.1 Å². The topological polar surface area (TPSA) is 162 Å². The van der Waals surface area contributed by atoms with Gasteiger partial charge in [0.25, 0.3) is 0 Å². The molecule has 0 saturated carbocycles. The van der Waals surface area contributed by atoms with Crippen LogP contribution in [0, 0.1) is 11.8 Å². The number of rotatable bonds is 17. The molecule has 0 aliphatic carbocycles. The maximum Gasteiger partial charge on any atom is 0.325 e. The van der Waals surface area contributed by atoms with E-state index in [1.165, 1.54) is 6.66 Å². The van der Waals surface area contributed by atoms with Crippen molar-refractivity contribution in [3.8, 4) is 0 Å². The SMILES string of the molecule is CC(C(N)=O)C(C)(C)S.CC(CS(C)(C)SCCC(=O)NCCCCCCOP(C)(=O)O)C(N)=O. The van der Waals surface area contributed by atoms with Gasteiger partial charge in [-0.05, 0) is 31.1 Å². The monoisotopic (exact) mass is 577 g/mol. The summed E-state index contributed by atoms with van der Waals surface area (Å²) in [4.78, 5) is 42.5.